The highest BCUT2D eigenvalue weighted by Gasteiger charge is 2.17. The average molecular weight is 448 g/mol. The summed E-state index contributed by atoms with van der Waals surface area (Å²) in [4.78, 5) is 22.4. The summed E-state index contributed by atoms with van der Waals surface area (Å²) >= 11 is 0. The largest absolute Gasteiger partial charge is 0.348 e. The van der Waals surface area contributed by atoms with Gasteiger partial charge in [-0.05, 0) is 54.2 Å². The van der Waals surface area contributed by atoms with Crippen LogP contribution in [0.2, 0.25) is 0 Å². The Morgan fingerprint density at radius 1 is 0.515 bits per heavy atom. The summed E-state index contributed by atoms with van der Waals surface area (Å²) in [5.74, 6) is 2.83. The molecule has 174 valence electrons. The molecule has 3 aromatic heterocycles. The van der Waals surface area contributed by atoms with Gasteiger partial charge in [0.2, 0.25) is 0 Å². The van der Waals surface area contributed by atoms with E-state index in [1.165, 1.54) is 33.4 Å². The predicted molar refractivity (Wildman–Crippen MR) is 128 cm³/mol. The normalized spacial score (nSPS) is 11.4. The molecule has 0 fully saturated rings. The summed E-state index contributed by atoms with van der Waals surface area (Å²) in [5, 5.41) is 10.7. The van der Waals surface area contributed by atoms with E-state index in [-0.39, 0.29) is 0 Å². The minimum absolute atomic E-state index is 0.706. The molecule has 3 heterocycles. The van der Waals surface area contributed by atoms with E-state index in [1.807, 2.05) is 18.6 Å². The highest BCUT2D eigenvalue weighted by Crippen LogP contribution is 2.28. The van der Waals surface area contributed by atoms with Gasteiger partial charge in [0.15, 0.2) is 0 Å². The number of H-pyrrole nitrogens is 3. The van der Waals surface area contributed by atoms with Gasteiger partial charge in [0.1, 0.15) is 17.5 Å². The third kappa shape index (κ3) is 5.75. The summed E-state index contributed by atoms with van der Waals surface area (Å²) in [6, 6.07) is 0. The van der Waals surface area contributed by atoms with Gasteiger partial charge in [-0.15, -0.1) is 0 Å². The zero-order chi connectivity index (χ0) is 23.0. The fourth-order valence-corrected chi connectivity index (χ4v) is 4.29. The molecule has 0 spiro atoms. The SMILES string of the molecule is Cc1c(CNCc2ncc[nH]2)c(C)c(CNCc2ncc[nH]2)c(C)c1CNCc1ncc[nH]1. The zero-order valence-corrected chi connectivity index (χ0v) is 19.5. The maximum absolute atomic E-state index is 4.32. The molecule has 0 bridgehead atoms. The van der Waals surface area contributed by atoms with E-state index in [9.17, 15) is 0 Å². The first kappa shape index (κ1) is 22.9. The lowest BCUT2D eigenvalue weighted by Crippen LogP contribution is -2.22. The number of nitrogens with zero attached hydrogens (tertiary/aromatic N) is 3. The van der Waals surface area contributed by atoms with Crippen molar-refractivity contribution in [1.29, 1.82) is 0 Å². The minimum Gasteiger partial charge on any atom is -0.348 e. The van der Waals surface area contributed by atoms with Crippen LogP contribution in [0.15, 0.2) is 37.2 Å². The topological polar surface area (TPSA) is 122 Å². The molecule has 9 nitrogen and oxygen atoms in total. The van der Waals surface area contributed by atoms with Crippen LogP contribution in [-0.2, 0) is 39.3 Å². The number of aromatic amines is 3. The molecule has 0 aliphatic rings. The van der Waals surface area contributed by atoms with Crippen molar-refractivity contribution < 1.29 is 0 Å². The molecular formula is C24H33N9. The molecule has 33 heavy (non-hydrogen) atoms. The summed E-state index contributed by atoms with van der Waals surface area (Å²) < 4.78 is 0. The van der Waals surface area contributed by atoms with Gasteiger partial charge in [0.05, 0.1) is 19.6 Å². The Labute approximate surface area is 194 Å². The molecule has 0 atom stereocenters. The maximum Gasteiger partial charge on any atom is 0.120 e. The number of nitrogens with one attached hydrogen (secondary N) is 6. The molecular weight excluding hydrogens is 414 g/mol. The van der Waals surface area contributed by atoms with E-state index in [1.54, 1.807) is 18.6 Å². The Hall–Kier alpha value is -3.27. The van der Waals surface area contributed by atoms with Crippen molar-refractivity contribution in [3.8, 4) is 0 Å². The molecule has 0 saturated carbocycles. The molecule has 1 aromatic carbocycles. The second kappa shape index (κ2) is 11.0. The molecule has 6 N–H and O–H groups in total. The lowest BCUT2D eigenvalue weighted by molar-refractivity contribution is 0.636. The maximum atomic E-state index is 4.32. The van der Waals surface area contributed by atoms with Crippen LogP contribution in [0.5, 0.6) is 0 Å². The van der Waals surface area contributed by atoms with E-state index >= 15 is 0 Å². The van der Waals surface area contributed by atoms with Crippen molar-refractivity contribution in [2.24, 2.45) is 0 Å². The zero-order valence-electron chi connectivity index (χ0n) is 19.5. The summed E-state index contributed by atoms with van der Waals surface area (Å²) in [7, 11) is 0. The van der Waals surface area contributed by atoms with Crippen molar-refractivity contribution in [2.45, 2.75) is 60.0 Å². The van der Waals surface area contributed by atoms with E-state index in [0.717, 1.165) is 37.1 Å². The molecule has 0 aliphatic carbocycles. The van der Waals surface area contributed by atoms with Gasteiger partial charge in [-0.2, -0.15) is 0 Å². The van der Waals surface area contributed by atoms with Crippen LogP contribution in [0, 0.1) is 20.8 Å². The van der Waals surface area contributed by atoms with Crippen molar-refractivity contribution in [1.82, 2.24) is 45.9 Å². The van der Waals surface area contributed by atoms with Crippen LogP contribution in [-0.4, -0.2) is 29.9 Å². The number of hydrogen-bond acceptors (Lipinski definition) is 6. The number of rotatable bonds is 12. The average Bonchev–Trinajstić information content (AvgIpc) is 3.59. The van der Waals surface area contributed by atoms with Crippen LogP contribution in [0.4, 0.5) is 0 Å². The second-order valence-electron chi connectivity index (χ2n) is 8.23. The highest BCUT2D eigenvalue weighted by molar-refractivity contribution is 5.50. The Morgan fingerprint density at radius 2 is 0.818 bits per heavy atom. The van der Waals surface area contributed by atoms with Crippen LogP contribution in [0.1, 0.15) is 50.9 Å². The van der Waals surface area contributed by atoms with E-state index in [2.05, 4.69) is 66.6 Å². The van der Waals surface area contributed by atoms with E-state index in [0.29, 0.717) is 19.6 Å². The minimum atomic E-state index is 0.706. The fourth-order valence-electron chi connectivity index (χ4n) is 4.29. The van der Waals surface area contributed by atoms with Gasteiger partial charge >= 0.3 is 0 Å². The molecule has 0 unspecified atom stereocenters. The Morgan fingerprint density at radius 3 is 1.06 bits per heavy atom. The molecule has 0 saturated heterocycles. The first-order valence-electron chi connectivity index (χ1n) is 11.3. The standard InChI is InChI=1S/C24H33N9/c1-16-19(10-25-13-22-28-4-5-29-22)17(2)21(12-27-15-24-32-8-9-33-24)18(3)20(16)11-26-14-23-30-6-7-31-23/h4-9,25-27H,10-15H2,1-3H3,(H,28,29)(H,30,31)(H,32,33). The molecule has 4 rings (SSSR count). The lowest BCUT2D eigenvalue weighted by atomic mass is 9.88. The van der Waals surface area contributed by atoms with Crippen LogP contribution < -0.4 is 16.0 Å². The van der Waals surface area contributed by atoms with Crippen LogP contribution >= 0.6 is 0 Å². The van der Waals surface area contributed by atoms with Crippen LogP contribution in [0.3, 0.4) is 0 Å². The Kier molecular flexibility index (Phi) is 7.66. The first-order valence-corrected chi connectivity index (χ1v) is 11.3. The van der Waals surface area contributed by atoms with Crippen molar-refractivity contribution in [3.05, 3.63) is 88.0 Å². The molecule has 0 radical (unpaired) electrons. The smallest absolute Gasteiger partial charge is 0.120 e. The monoisotopic (exact) mass is 447 g/mol. The summed E-state index contributed by atoms with van der Waals surface area (Å²) in [6.45, 7) is 11.2. The number of hydrogen-bond donors (Lipinski definition) is 6. The predicted octanol–water partition coefficient (Wildman–Crippen LogP) is 2.65. The van der Waals surface area contributed by atoms with Crippen LogP contribution in [0.25, 0.3) is 0 Å². The molecule has 0 amide bonds. The third-order valence-corrected chi connectivity index (χ3v) is 6.16. The number of aromatic nitrogens is 6. The lowest BCUT2D eigenvalue weighted by Gasteiger charge is -2.23. The summed E-state index contributed by atoms with van der Waals surface area (Å²) in [6.07, 6.45) is 10.9. The highest BCUT2D eigenvalue weighted by atomic mass is 15.0. The van der Waals surface area contributed by atoms with Crippen molar-refractivity contribution in [3.63, 3.8) is 0 Å². The number of benzene rings is 1. The van der Waals surface area contributed by atoms with Gasteiger partial charge in [-0.25, -0.2) is 15.0 Å². The van der Waals surface area contributed by atoms with Gasteiger partial charge < -0.3 is 30.9 Å². The first-order chi connectivity index (χ1) is 16.1. The fraction of sp³-hybridized carbons (Fsp3) is 0.375. The van der Waals surface area contributed by atoms with E-state index in [4.69, 9.17) is 0 Å². The quantitative estimate of drug-likeness (QED) is 0.199. The molecule has 9 heteroatoms. The molecule has 4 aromatic rings. The molecule has 0 aliphatic heterocycles. The Balaban J connectivity index is 1.52. The Bertz CT molecular complexity index is 949. The van der Waals surface area contributed by atoms with Gasteiger partial charge in [0.25, 0.3) is 0 Å². The van der Waals surface area contributed by atoms with Gasteiger partial charge in [-0.1, -0.05) is 0 Å². The van der Waals surface area contributed by atoms with Crippen molar-refractivity contribution >= 4 is 0 Å². The number of imidazole rings is 3. The van der Waals surface area contributed by atoms with Gasteiger partial charge in [-0.3, -0.25) is 0 Å². The van der Waals surface area contributed by atoms with E-state index < -0.39 is 0 Å². The summed E-state index contributed by atoms with van der Waals surface area (Å²) in [5.41, 5.74) is 8.03. The van der Waals surface area contributed by atoms with Crippen molar-refractivity contribution in [2.75, 3.05) is 0 Å². The van der Waals surface area contributed by atoms with Gasteiger partial charge in [0, 0.05) is 56.8 Å². The third-order valence-electron chi connectivity index (χ3n) is 6.16. The second-order valence-corrected chi connectivity index (χ2v) is 8.23.